The quantitative estimate of drug-likeness (QED) is 0.633. The predicted octanol–water partition coefficient (Wildman–Crippen LogP) is 4.84. The third kappa shape index (κ3) is 4.98. The molecule has 0 unspecified atom stereocenters. The normalized spacial score (nSPS) is 11.0. The van der Waals surface area contributed by atoms with Crippen molar-refractivity contribution in [3.05, 3.63) is 57.6 Å². The summed E-state index contributed by atoms with van der Waals surface area (Å²) in [6.07, 6.45) is 0. The van der Waals surface area contributed by atoms with Gasteiger partial charge in [-0.15, -0.1) is 11.3 Å². The van der Waals surface area contributed by atoms with Crippen LogP contribution in [0.1, 0.15) is 41.7 Å². The number of ether oxygens (including phenoxy) is 1. The van der Waals surface area contributed by atoms with Gasteiger partial charge in [-0.2, -0.15) is 0 Å². The van der Waals surface area contributed by atoms with Gasteiger partial charge in [0.2, 0.25) is 0 Å². The fourth-order valence-electron chi connectivity index (χ4n) is 2.60. The van der Waals surface area contributed by atoms with Gasteiger partial charge in [-0.3, -0.25) is 4.79 Å². The number of rotatable bonds is 7. The van der Waals surface area contributed by atoms with E-state index >= 15 is 0 Å². The lowest BCUT2D eigenvalue weighted by Gasteiger charge is -2.12. The number of thiazole rings is 1. The summed E-state index contributed by atoms with van der Waals surface area (Å²) >= 11 is 1.58. The molecule has 0 saturated heterocycles. The summed E-state index contributed by atoms with van der Waals surface area (Å²) in [6, 6.07) is 9.83. The molecule has 0 radical (unpaired) electrons. The van der Waals surface area contributed by atoms with Crippen LogP contribution in [0, 0.1) is 13.8 Å². The average molecular weight is 385 g/mol. The number of furan rings is 1. The summed E-state index contributed by atoms with van der Waals surface area (Å²) in [7, 11) is 0. The first-order valence-electron chi connectivity index (χ1n) is 8.93. The molecule has 3 rings (SSSR count). The Morgan fingerprint density at radius 1 is 1.26 bits per heavy atom. The second kappa shape index (κ2) is 8.39. The van der Waals surface area contributed by atoms with E-state index in [9.17, 15) is 4.79 Å². The maximum absolute atomic E-state index is 12.1. The summed E-state index contributed by atoms with van der Waals surface area (Å²) in [5.74, 6) is 2.36. The highest BCUT2D eigenvalue weighted by Gasteiger charge is 2.10. The van der Waals surface area contributed by atoms with Gasteiger partial charge in [-0.1, -0.05) is 26.0 Å². The number of carbonyl (C=O) groups excluding carboxylic acids is 1. The first kappa shape index (κ1) is 19.2. The highest BCUT2D eigenvalue weighted by Crippen LogP contribution is 2.25. The van der Waals surface area contributed by atoms with Crippen LogP contribution < -0.4 is 10.1 Å². The van der Waals surface area contributed by atoms with E-state index in [1.807, 2.05) is 43.5 Å². The Morgan fingerprint density at radius 2 is 2.07 bits per heavy atom. The second-order valence-electron chi connectivity index (χ2n) is 6.76. The highest BCUT2D eigenvalue weighted by molar-refractivity contribution is 7.09. The molecule has 1 N–H and O–H groups in total. The van der Waals surface area contributed by atoms with E-state index in [-0.39, 0.29) is 12.5 Å². The van der Waals surface area contributed by atoms with Gasteiger partial charge in [-0.25, -0.2) is 4.98 Å². The molecular weight excluding hydrogens is 360 g/mol. The van der Waals surface area contributed by atoms with E-state index in [2.05, 4.69) is 30.2 Å². The van der Waals surface area contributed by atoms with E-state index in [0.717, 1.165) is 22.0 Å². The zero-order chi connectivity index (χ0) is 19.4. The van der Waals surface area contributed by atoms with Crippen LogP contribution in [-0.2, 0) is 11.3 Å². The maximum Gasteiger partial charge on any atom is 0.258 e. The fourth-order valence-corrected chi connectivity index (χ4v) is 3.20. The molecule has 0 aliphatic heterocycles. The lowest BCUT2D eigenvalue weighted by atomic mass is 10.0. The van der Waals surface area contributed by atoms with Gasteiger partial charge in [0.1, 0.15) is 17.2 Å². The Kier molecular flexibility index (Phi) is 5.96. The van der Waals surface area contributed by atoms with Gasteiger partial charge in [0, 0.05) is 5.38 Å². The van der Waals surface area contributed by atoms with E-state index < -0.39 is 0 Å². The van der Waals surface area contributed by atoms with Crippen molar-refractivity contribution >= 4 is 17.2 Å². The molecule has 0 atom stereocenters. The van der Waals surface area contributed by atoms with Crippen LogP contribution in [0.5, 0.6) is 5.75 Å². The minimum atomic E-state index is -0.188. The zero-order valence-corrected chi connectivity index (χ0v) is 16.9. The third-order valence-electron chi connectivity index (χ3n) is 4.23. The van der Waals surface area contributed by atoms with E-state index in [1.165, 1.54) is 5.56 Å². The molecule has 0 aliphatic carbocycles. The van der Waals surface area contributed by atoms with Crippen LogP contribution in [0.25, 0.3) is 11.5 Å². The Hall–Kier alpha value is -2.60. The molecule has 6 heteroatoms. The molecule has 1 aromatic carbocycles. The van der Waals surface area contributed by atoms with Crippen LogP contribution in [-0.4, -0.2) is 17.5 Å². The van der Waals surface area contributed by atoms with E-state index in [4.69, 9.17) is 9.15 Å². The number of nitrogens with one attached hydrogen (secondary N) is 1. The van der Waals surface area contributed by atoms with Crippen molar-refractivity contribution in [1.29, 1.82) is 0 Å². The number of amides is 1. The fraction of sp³-hybridized carbons (Fsp3) is 0.333. The van der Waals surface area contributed by atoms with E-state index in [1.54, 1.807) is 11.3 Å². The highest BCUT2D eigenvalue weighted by atomic mass is 32.1. The molecule has 5 nitrogen and oxygen atoms in total. The van der Waals surface area contributed by atoms with Crippen LogP contribution in [0.3, 0.4) is 0 Å². The van der Waals surface area contributed by atoms with Crippen molar-refractivity contribution in [3.8, 4) is 17.2 Å². The summed E-state index contributed by atoms with van der Waals surface area (Å²) in [6.45, 7) is 8.48. The molecule has 142 valence electrons. The molecule has 0 spiro atoms. The lowest BCUT2D eigenvalue weighted by molar-refractivity contribution is -0.123. The minimum Gasteiger partial charge on any atom is -0.483 e. The van der Waals surface area contributed by atoms with Gasteiger partial charge >= 0.3 is 0 Å². The number of aryl methyl sites for hydroxylation is 2. The number of benzene rings is 1. The Bertz CT molecular complexity index is 927. The first-order chi connectivity index (χ1) is 12.9. The number of carbonyl (C=O) groups is 1. The summed E-state index contributed by atoms with van der Waals surface area (Å²) in [5, 5.41) is 5.77. The maximum atomic E-state index is 12.1. The smallest absolute Gasteiger partial charge is 0.258 e. The summed E-state index contributed by atoms with van der Waals surface area (Å²) < 4.78 is 11.4. The summed E-state index contributed by atoms with van der Waals surface area (Å²) in [4.78, 5) is 16.5. The summed E-state index contributed by atoms with van der Waals surface area (Å²) in [5.41, 5.74) is 3.02. The largest absolute Gasteiger partial charge is 0.483 e. The predicted molar refractivity (Wildman–Crippen MR) is 107 cm³/mol. The molecule has 1 amide bonds. The average Bonchev–Trinajstić information content (AvgIpc) is 3.27. The first-order valence-corrected chi connectivity index (χ1v) is 9.81. The Morgan fingerprint density at radius 3 is 2.78 bits per heavy atom. The van der Waals surface area contributed by atoms with Crippen molar-refractivity contribution < 1.29 is 13.9 Å². The molecule has 0 fully saturated rings. The van der Waals surface area contributed by atoms with Crippen molar-refractivity contribution in [1.82, 2.24) is 10.3 Å². The van der Waals surface area contributed by atoms with Crippen molar-refractivity contribution in [2.24, 2.45) is 0 Å². The SMILES string of the molecule is Cc1nc(-c2ccc(CNC(=O)COc3cc(C(C)C)ccc3C)o2)cs1. The van der Waals surface area contributed by atoms with Crippen LogP contribution in [0.4, 0.5) is 0 Å². The van der Waals surface area contributed by atoms with Crippen molar-refractivity contribution in [2.75, 3.05) is 6.61 Å². The number of hydrogen-bond acceptors (Lipinski definition) is 5. The Labute approximate surface area is 163 Å². The molecule has 0 bridgehead atoms. The number of hydrogen-bond donors (Lipinski definition) is 1. The molecule has 3 aromatic rings. The monoisotopic (exact) mass is 384 g/mol. The topological polar surface area (TPSA) is 64.4 Å². The van der Waals surface area contributed by atoms with Gasteiger partial charge in [0.05, 0.1) is 11.6 Å². The third-order valence-corrected chi connectivity index (χ3v) is 5.00. The molecular formula is C21H24N2O3S. The van der Waals surface area contributed by atoms with Gasteiger partial charge in [0.15, 0.2) is 12.4 Å². The van der Waals surface area contributed by atoms with Gasteiger partial charge in [-0.05, 0) is 49.1 Å². The number of nitrogens with zero attached hydrogens (tertiary/aromatic N) is 1. The van der Waals surface area contributed by atoms with E-state index in [0.29, 0.717) is 24.0 Å². The molecule has 0 aliphatic rings. The van der Waals surface area contributed by atoms with Gasteiger partial charge < -0.3 is 14.5 Å². The van der Waals surface area contributed by atoms with Crippen LogP contribution in [0.15, 0.2) is 40.1 Å². The lowest BCUT2D eigenvalue weighted by Crippen LogP contribution is -2.28. The molecule has 0 saturated carbocycles. The number of aromatic nitrogens is 1. The van der Waals surface area contributed by atoms with Crippen molar-refractivity contribution in [2.45, 2.75) is 40.2 Å². The van der Waals surface area contributed by atoms with Gasteiger partial charge in [0.25, 0.3) is 5.91 Å². The molecule has 2 heterocycles. The Balaban J connectivity index is 1.52. The minimum absolute atomic E-state index is 0.0266. The second-order valence-corrected chi connectivity index (χ2v) is 7.82. The standard InChI is InChI=1S/C21H24N2O3S/c1-13(2)16-6-5-14(3)20(9-16)25-11-21(24)22-10-17-7-8-19(26-17)18-12-27-15(4)23-18/h5-9,12-13H,10-11H2,1-4H3,(H,22,24). The molecule has 27 heavy (non-hydrogen) atoms. The molecule has 2 aromatic heterocycles. The van der Waals surface area contributed by atoms with Crippen LogP contribution >= 0.6 is 11.3 Å². The zero-order valence-electron chi connectivity index (χ0n) is 16.0. The van der Waals surface area contributed by atoms with Crippen molar-refractivity contribution in [3.63, 3.8) is 0 Å². The van der Waals surface area contributed by atoms with Crippen LogP contribution in [0.2, 0.25) is 0 Å².